The second-order valence-electron chi connectivity index (χ2n) is 8.00. The summed E-state index contributed by atoms with van der Waals surface area (Å²) in [5.41, 5.74) is 2.80. The molecule has 0 unspecified atom stereocenters. The Bertz CT molecular complexity index is 1410. The standard InChI is InChI=1S/C30H18O6/c31-27-23(16-14-19-8-3-1-4-9-19)25(29(33)35-27)21-12-7-13-22(18-21)26-24(28(32)36-30(26)34)17-15-20-10-5-2-6-11-20/h1-18H/b16-14+,17-15+. The minimum absolute atomic E-state index is 0.0775. The highest BCUT2D eigenvalue weighted by atomic mass is 16.6. The zero-order valence-corrected chi connectivity index (χ0v) is 18.8. The van der Waals surface area contributed by atoms with Crippen LogP contribution < -0.4 is 0 Å². The topological polar surface area (TPSA) is 86.7 Å². The van der Waals surface area contributed by atoms with Crippen molar-refractivity contribution in [3.8, 4) is 0 Å². The molecule has 3 aromatic rings. The van der Waals surface area contributed by atoms with Crippen molar-refractivity contribution in [3.05, 3.63) is 130 Å². The summed E-state index contributed by atoms with van der Waals surface area (Å²) in [4.78, 5) is 50.0. The van der Waals surface area contributed by atoms with Crippen LogP contribution in [0.2, 0.25) is 0 Å². The molecule has 5 rings (SSSR count). The van der Waals surface area contributed by atoms with Crippen molar-refractivity contribution in [1.29, 1.82) is 0 Å². The summed E-state index contributed by atoms with van der Waals surface area (Å²) in [6.07, 6.45) is 6.48. The Morgan fingerprint density at radius 2 is 0.861 bits per heavy atom. The zero-order chi connectivity index (χ0) is 25.1. The van der Waals surface area contributed by atoms with Gasteiger partial charge in [0.1, 0.15) is 0 Å². The van der Waals surface area contributed by atoms with Crippen molar-refractivity contribution in [1.82, 2.24) is 0 Å². The monoisotopic (exact) mass is 474 g/mol. The molecular formula is C30H18O6. The fourth-order valence-corrected chi connectivity index (χ4v) is 3.97. The second-order valence-corrected chi connectivity index (χ2v) is 8.00. The molecule has 0 spiro atoms. The number of hydrogen-bond acceptors (Lipinski definition) is 6. The minimum atomic E-state index is -0.784. The Balaban J connectivity index is 1.57. The molecule has 0 radical (unpaired) electrons. The fourth-order valence-electron chi connectivity index (χ4n) is 3.97. The number of cyclic esters (lactones) is 4. The van der Waals surface area contributed by atoms with E-state index in [0.29, 0.717) is 11.1 Å². The van der Waals surface area contributed by atoms with Crippen molar-refractivity contribution < 1.29 is 28.7 Å². The number of benzene rings is 3. The van der Waals surface area contributed by atoms with E-state index in [9.17, 15) is 19.2 Å². The molecule has 0 saturated heterocycles. The van der Waals surface area contributed by atoms with Gasteiger partial charge in [-0.15, -0.1) is 0 Å². The Labute approximate surface area is 206 Å². The van der Waals surface area contributed by atoms with Crippen molar-refractivity contribution in [2.45, 2.75) is 0 Å². The number of hydrogen-bond donors (Lipinski definition) is 0. The molecular weight excluding hydrogens is 456 g/mol. The van der Waals surface area contributed by atoms with Crippen LogP contribution in [0.15, 0.2) is 108 Å². The number of ether oxygens (including phenoxy) is 2. The number of carbonyl (C=O) groups is 4. The van der Waals surface area contributed by atoms with E-state index in [1.165, 1.54) is 12.2 Å². The minimum Gasteiger partial charge on any atom is -0.386 e. The van der Waals surface area contributed by atoms with Gasteiger partial charge in [0.05, 0.1) is 22.3 Å². The lowest BCUT2D eigenvalue weighted by Crippen LogP contribution is -2.03. The van der Waals surface area contributed by atoms with E-state index in [1.807, 2.05) is 60.7 Å². The third-order valence-corrected chi connectivity index (χ3v) is 5.68. The van der Waals surface area contributed by atoms with Gasteiger partial charge in [-0.1, -0.05) is 91.0 Å². The van der Waals surface area contributed by atoms with E-state index in [4.69, 9.17) is 9.47 Å². The summed E-state index contributed by atoms with van der Waals surface area (Å²) in [6.45, 7) is 0. The van der Waals surface area contributed by atoms with E-state index in [-0.39, 0.29) is 22.3 Å². The van der Waals surface area contributed by atoms with Gasteiger partial charge in [-0.05, 0) is 40.5 Å². The summed E-state index contributed by atoms with van der Waals surface area (Å²) in [5, 5.41) is 0. The zero-order valence-electron chi connectivity index (χ0n) is 18.8. The first-order valence-corrected chi connectivity index (χ1v) is 11.1. The van der Waals surface area contributed by atoms with E-state index in [1.54, 1.807) is 36.4 Å². The van der Waals surface area contributed by atoms with E-state index in [2.05, 4.69) is 0 Å². The van der Waals surface area contributed by atoms with Crippen LogP contribution in [-0.4, -0.2) is 23.9 Å². The Morgan fingerprint density at radius 1 is 0.444 bits per heavy atom. The first kappa shape index (κ1) is 22.7. The molecule has 0 aromatic heterocycles. The lowest BCUT2D eigenvalue weighted by molar-refractivity contribution is -0.151. The Hall–Kier alpha value is -5.10. The molecule has 36 heavy (non-hydrogen) atoms. The van der Waals surface area contributed by atoms with E-state index >= 15 is 0 Å². The normalized spacial score (nSPS) is 16.0. The number of rotatable bonds is 6. The molecule has 0 fully saturated rings. The van der Waals surface area contributed by atoms with Crippen LogP contribution in [0.3, 0.4) is 0 Å². The highest BCUT2D eigenvalue weighted by Crippen LogP contribution is 2.33. The molecule has 6 nitrogen and oxygen atoms in total. The summed E-state index contributed by atoms with van der Waals surface area (Å²) >= 11 is 0. The molecule has 0 bridgehead atoms. The molecule has 0 N–H and O–H groups in total. The van der Waals surface area contributed by atoms with Gasteiger partial charge in [-0.25, -0.2) is 19.2 Å². The van der Waals surface area contributed by atoms with Crippen molar-refractivity contribution in [2.24, 2.45) is 0 Å². The maximum atomic E-state index is 12.6. The highest BCUT2D eigenvalue weighted by molar-refractivity contribution is 6.34. The highest BCUT2D eigenvalue weighted by Gasteiger charge is 2.35. The molecule has 0 saturated carbocycles. The molecule has 0 aliphatic carbocycles. The Kier molecular flexibility index (Phi) is 6.07. The van der Waals surface area contributed by atoms with Gasteiger partial charge in [0.15, 0.2) is 0 Å². The Morgan fingerprint density at radius 3 is 1.28 bits per heavy atom. The van der Waals surface area contributed by atoms with E-state index in [0.717, 1.165) is 11.1 Å². The maximum Gasteiger partial charge on any atom is 0.347 e. The number of esters is 4. The molecule has 2 aliphatic rings. The van der Waals surface area contributed by atoms with Crippen molar-refractivity contribution >= 4 is 47.2 Å². The van der Waals surface area contributed by atoms with Gasteiger partial charge in [-0.3, -0.25) is 0 Å². The van der Waals surface area contributed by atoms with Crippen LogP contribution in [0.25, 0.3) is 23.3 Å². The quantitative estimate of drug-likeness (QED) is 0.377. The fraction of sp³-hybridized carbons (Fsp3) is 0. The van der Waals surface area contributed by atoms with Gasteiger partial charge >= 0.3 is 23.9 Å². The predicted molar refractivity (Wildman–Crippen MR) is 133 cm³/mol. The van der Waals surface area contributed by atoms with Crippen molar-refractivity contribution in [3.63, 3.8) is 0 Å². The predicted octanol–water partition coefficient (Wildman–Crippen LogP) is 4.79. The summed E-state index contributed by atoms with van der Waals surface area (Å²) in [6, 6.07) is 25.1. The molecule has 3 aromatic carbocycles. The first-order chi connectivity index (χ1) is 17.5. The lowest BCUT2D eigenvalue weighted by atomic mass is 9.94. The SMILES string of the molecule is O=C1OC(=O)C(c2cccc(C3=C(/C=C/c4ccccc4)C(=O)OC3=O)c2)=C1/C=C/c1ccccc1. The van der Waals surface area contributed by atoms with Crippen LogP contribution >= 0.6 is 0 Å². The number of carbonyl (C=O) groups excluding carboxylic acids is 4. The average Bonchev–Trinajstić information content (AvgIpc) is 3.35. The van der Waals surface area contributed by atoms with Crippen LogP contribution in [0, 0.1) is 0 Å². The maximum absolute atomic E-state index is 12.6. The van der Waals surface area contributed by atoms with Gasteiger partial charge in [-0.2, -0.15) is 0 Å². The van der Waals surface area contributed by atoms with Gasteiger partial charge in [0.2, 0.25) is 0 Å². The molecule has 174 valence electrons. The smallest absolute Gasteiger partial charge is 0.347 e. The summed E-state index contributed by atoms with van der Waals surface area (Å²) < 4.78 is 9.74. The molecule has 6 heteroatoms. The van der Waals surface area contributed by atoms with Crippen LogP contribution in [-0.2, 0) is 28.7 Å². The van der Waals surface area contributed by atoms with Gasteiger partial charge in [0.25, 0.3) is 0 Å². The molecule has 0 amide bonds. The van der Waals surface area contributed by atoms with Crippen molar-refractivity contribution in [2.75, 3.05) is 0 Å². The van der Waals surface area contributed by atoms with E-state index < -0.39 is 23.9 Å². The van der Waals surface area contributed by atoms with Gasteiger partial charge < -0.3 is 9.47 Å². The third kappa shape index (κ3) is 4.48. The largest absolute Gasteiger partial charge is 0.386 e. The first-order valence-electron chi connectivity index (χ1n) is 11.1. The summed E-state index contributed by atoms with van der Waals surface area (Å²) in [5.74, 6) is -3.08. The summed E-state index contributed by atoms with van der Waals surface area (Å²) in [7, 11) is 0. The van der Waals surface area contributed by atoms with Crippen LogP contribution in [0.1, 0.15) is 22.3 Å². The van der Waals surface area contributed by atoms with Gasteiger partial charge in [0, 0.05) is 0 Å². The second kappa shape index (κ2) is 9.64. The molecule has 2 aliphatic heterocycles. The van der Waals surface area contributed by atoms with Crippen LogP contribution in [0.4, 0.5) is 0 Å². The molecule has 0 atom stereocenters. The molecule has 2 heterocycles. The average molecular weight is 474 g/mol. The lowest BCUT2D eigenvalue weighted by Gasteiger charge is -2.05. The van der Waals surface area contributed by atoms with Crippen LogP contribution in [0.5, 0.6) is 0 Å². The third-order valence-electron chi connectivity index (χ3n) is 5.68.